The fraction of sp³-hybridized carbons (Fsp3) is 0.235. The van der Waals surface area contributed by atoms with Gasteiger partial charge in [0.1, 0.15) is 9.61 Å². The summed E-state index contributed by atoms with van der Waals surface area (Å²) in [5.41, 5.74) is 3.47. The second-order valence-electron chi connectivity index (χ2n) is 5.56. The number of rotatable bonds is 3. The van der Waals surface area contributed by atoms with Gasteiger partial charge in [0, 0.05) is 30.2 Å². The van der Waals surface area contributed by atoms with Crippen molar-refractivity contribution in [1.82, 2.24) is 19.9 Å². The third-order valence-corrected chi connectivity index (χ3v) is 5.48. The quantitative estimate of drug-likeness (QED) is 0.683. The Hall–Kier alpha value is -1.63. The molecule has 0 bridgehead atoms. The zero-order chi connectivity index (χ0) is 15.6. The number of fused-ring (bicyclic) bond motifs is 1. The molecule has 0 fully saturated rings. The van der Waals surface area contributed by atoms with Crippen molar-refractivity contribution < 1.29 is 0 Å². The lowest BCUT2D eigenvalue weighted by molar-refractivity contribution is 0.241. The Balaban J connectivity index is 1.56. The second-order valence-corrected chi connectivity index (χ2v) is 7.31. The van der Waals surface area contributed by atoms with Gasteiger partial charge >= 0.3 is 0 Å². The third-order valence-electron chi connectivity index (χ3n) is 3.94. The van der Waals surface area contributed by atoms with E-state index in [1.54, 1.807) is 11.3 Å². The van der Waals surface area contributed by atoms with Crippen molar-refractivity contribution in [2.24, 2.45) is 0 Å². The molecule has 6 heteroatoms. The SMILES string of the molecule is Brc1csc(CN2CCc3cnc(-c4ccccc4)nc3C2)n1. The smallest absolute Gasteiger partial charge is 0.159 e. The van der Waals surface area contributed by atoms with Crippen LogP contribution in [-0.2, 0) is 19.5 Å². The van der Waals surface area contributed by atoms with E-state index in [1.807, 2.05) is 29.8 Å². The Morgan fingerprint density at radius 2 is 2.04 bits per heavy atom. The zero-order valence-corrected chi connectivity index (χ0v) is 14.8. The Morgan fingerprint density at radius 1 is 1.17 bits per heavy atom. The van der Waals surface area contributed by atoms with Crippen LogP contribution in [0.15, 0.2) is 46.5 Å². The molecule has 3 heterocycles. The molecule has 0 unspecified atom stereocenters. The molecular formula is C17H15BrN4S. The monoisotopic (exact) mass is 386 g/mol. The summed E-state index contributed by atoms with van der Waals surface area (Å²) >= 11 is 5.11. The standard InChI is InChI=1S/C17H15BrN4S/c18-15-11-23-16(21-15)10-22-7-6-13-8-19-17(20-14(13)9-22)12-4-2-1-3-5-12/h1-5,8,11H,6-7,9-10H2. The lowest BCUT2D eigenvalue weighted by Gasteiger charge is -2.27. The first-order valence-electron chi connectivity index (χ1n) is 7.50. The van der Waals surface area contributed by atoms with E-state index in [1.165, 1.54) is 5.56 Å². The van der Waals surface area contributed by atoms with Crippen LogP contribution in [0.2, 0.25) is 0 Å². The molecule has 0 spiro atoms. The van der Waals surface area contributed by atoms with Gasteiger partial charge in [-0.3, -0.25) is 4.90 Å². The van der Waals surface area contributed by atoms with Crippen LogP contribution in [0.25, 0.3) is 11.4 Å². The number of benzene rings is 1. The molecule has 4 nitrogen and oxygen atoms in total. The molecular weight excluding hydrogens is 372 g/mol. The Bertz CT molecular complexity index is 818. The Morgan fingerprint density at radius 3 is 2.83 bits per heavy atom. The van der Waals surface area contributed by atoms with E-state index < -0.39 is 0 Å². The highest BCUT2D eigenvalue weighted by Crippen LogP contribution is 2.23. The average Bonchev–Trinajstić information content (AvgIpc) is 3.00. The van der Waals surface area contributed by atoms with Crippen molar-refractivity contribution in [3.63, 3.8) is 0 Å². The van der Waals surface area contributed by atoms with E-state index in [0.717, 1.165) is 52.7 Å². The van der Waals surface area contributed by atoms with Crippen molar-refractivity contribution in [1.29, 1.82) is 0 Å². The van der Waals surface area contributed by atoms with Crippen LogP contribution in [0.1, 0.15) is 16.3 Å². The zero-order valence-electron chi connectivity index (χ0n) is 12.4. The van der Waals surface area contributed by atoms with Gasteiger partial charge in [0.15, 0.2) is 5.82 Å². The lowest BCUT2D eigenvalue weighted by Crippen LogP contribution is -2.31. The molecule has 116 valence electrons. The first kappa shape index (κ1) is 14.9. The lowest BCUT2D eigenvalue weighted by atomic mass is 10.1. The van der Waals surface area contributed by atoms with Crippen molar-refractivity contribution in [3.8, 4) is 11.4 Å². The molecule has 3 aromatic rings. The number of hydrogen-bond donors (Lipinski definition) is 0. The minimum absolute atomic E-state index is 0.809. The van der Waals surface area contributed by atoms with Crippen LogP contribution in [0.5, 0.6) is 0 Å². The van der Waals surface area contributed by atoms with E-state index in [-0.39, 0.29) is 0 Å². The van der Waals surface area contributed by atoms with Gasteiger partial charge in [-0.25, -0.2) is 15.0 Å². The number of nitrogens with zero attached hydrogens (tertiary/aromatic N) is 4. The predicted octanol–water partition coefficient (Wildman–Crippen LogP) is 3.92. The van der Waals surface area contributed by atoms with Crippen molar-refractivity contribution in [2.45, 2.75) is 19.5 Å². The number of hydrogen-bond acceptors (Lipinski definition) is 5. The molecule has 23 heavy (non-hydrogen) atoms. The molecule has 4 rings (SSSR count). The van der Waals surface area contributed by atoms with Crippen LogP contribution in [-0.4, -0.2) is 26.4 Å². The largest absolute Gasteiger partial charge is 0.290 e. The molecule has 2 aromatic heterocycles. The molecule has 0 radical (unpaired) electrons. The molecule has 0 saturated carbocycles. The summed E-state index contributed by atoms with van der Waals surface area (Å²) in [6, 6.07) is 10.1. The Kier molecular flexibility index (Phi) is 4.20. The fourth-order valence-electron chi connectivity index (χ4n) is 2.77. The molecule has 0 saturated heterocycles. The topological polar surface area (TPSA) is 41.9 Å². The van der Waals surface area contributed by atoms with E-state index >= 15 is 0 Å². The van der Waals surface area contributed by atoms with Gasteiger partial charge in [-0.2, -0.15) is 0 Å². The maximum Gasteiger partial charge on any atom is 0.159 e. The minimum Gasteiger partial charge on any atom is -0.290 e. The predicted molar refractivity (Wildman–Crippen MR) is 95.1 cm³/mol. The number of aromatic nitrogens is 3. The molecule has 0 amide bonds. The molecule has 0 N–H and O–H groups in total. The fourth-order valence-corrected chi connectivity index (χ4v) is 4.08. The second kappa shape index (κ2) is 6.47. The van der Waals surface area contributed by atoms with Gasteiger partial charge in [0.2, 0.25) is 0 Å². The van der Waals surface area contributed by atoms with Crippen LogP contribution < -0.4 is 0 Å². The van der Waals surface area contributed by atoms with Gasteiger partial charge < -0.3 is 0 Å². The molecule has 0 aliphatic carbocycles. The highest BCUT2D eigenvalue weighted by Gasteiger charge is 2.19. The molecule has 0 atom stereocenters. The van der Waals surface area contributed by atoms with Gasteiger partial charge in [-0.1, -0.05) is 30.3 Å². The third kappa shape index (κ3) is 3.34. The van der Waals surface area contributed by atoms with Crippen molar-refractivity contribution >= 4 is 27.3 Å². The van der Waals surface area contributed by atoms with Gasteiger partial charge in [0.25, 0.3) is 0 Å². The van der Waals surface area contributed by atoms with Gasteiger partial charge in [-0.05, 0) is 27.9 Å². The highest BCUT2D eigenvalue weighted by molar-refractivity contribution is 9.10. The average molecular weight is 387 g/mol. The summed E-state index contributed by atoms with van der Waals surface area (Å²) in [5.74, 6) is 0.809. The maximum atomic E-state index is 4.80. The highest BCUT2D eigenvalue weighted by atomic mass is 79.9. The van der Waals surface area contributed by atoms with E-state index in [9.17, 15) is 0 Å². The van der Waals surface area contributed by atoms with Crippen LogP contribution in [0, 0.1) is 0 Å². The van der Waals surface area contributed by atoms with Gasteiger partial charge in [-0.15, -0.1) is 11.3 Å². The molecule has 1 aliphatic rings. The summed E-state index contributed by atoms with van der Waals surface area (Å²) in [5, 5.41) is 3.17. The van der Waals surface area contributed by atoms with Crippen LogP contribution in [0.3, 0.4) is 0 Å². The van der Waals surface area contributed by atoms with Crippen LogP contribution >= 0.6 is 27.3 Å². The summed E-state index contributed by atoms with van der Waals surface area (Å²) < 4.78 is 0.920. The van der Waals surface area contributed by atoms with E-state index in [0.29, 0.717) is 0 Å². The van der Waals surface area contributed by atoms with E-state index in [4.69, 9.17) is 4.98 Å². The first-order valence-corrected chi connectivity index (χ1v) is 9.18. The van der Waals surface area contributed by atoms with Crippen LogP contribution in [0.4, 0.5) is 0 Å². The minimum atomic E-state index is 0.809. The number of thiazole rings is 1. The summed E-state index contributed by atoms with van der Waals surface area (Å²) in [6.07, 6.45) is 2.99. The summed E-state index contributed by atoms with van der Waals surface area (Å²) in [7, 11) is 0. The Labute approximate surface area is 147 Å². The normalized spacial score (nSPS) is 14.7. The maximum absolute atomic E-state index is 4.80. The first-order chi connectivity index (χ1) is 11.3. The molecule has 1 aromatic carbocycles. The summed E-state index contributed by atoms with van der Waals surface area (Å²) in [6.45, 7) is 2.76. The van der Waals surface area contributed by atoms with E-state index in [2.05, 4.69) is 42.9 Å². The van der Waals surface area contributed by atoms with Crippen molar-refractivity contribution in [2.75, 3.05) is 6.54 Å². The number of halogens is 1. The van der Waals surface area contributed by atoms with Gasteiger partial charge in [0.05, 0.1) is 12.2 Å². The molecule has 1 aliphatic heterocycles. The summed E-state index contributed by atoms with van der Waals surface area (Å²) in [4.78, 5) is 16.2. The van der Waals surface area contributed by atoms with Crippen molar-refractivity contribution in [3.05, 3.63) is 62.8 Å².